The molecule has 0 saturated heterocycles. The Morgan fingerprint density at radius 1 is 1.25 bits per heavy atom. The number of carbonyl (C=O) groups excluding carboxylic acids is 1. The number of para-hydroxylation sites is 1. The van der Waals surface area contributed by atoms with Gasteiger partial charge in [-0.25, -0.2) is 0 Å². The van der Waals surface area contributed by atoms with Crippen molar-refractivity contribution in [1.82, 2.24) is 4.98 Å². The van der Waals surface area contributed by atoms with Gasteiger partial charge in [0.05, 0.1) is 11.2 Å². The van der Waals surface area contributed by atoms with Crippen LogP contribution in [0.2, 0.25) is 0 Å². The zero-order valence-corrected chi connectivity index (χ0v) is 12.2. The molecule has 3 nitrogen and oxygen atoms in total. The molecule has 1 aromatic heterocycles. The van der Waals surface area contributed by atoms with Gasteiger partial charge in [-0.15, -0.1) is 0 Å². The van der Waals surface area contributed by atoms with Crippen molar-refractivity contribution in [2.24, 2.45) is 5.92 Å². The van der Waals surface area contributed by atoms with Crippen molar-refractivity contribution in [2.45, 2.75) is 39.5 Å². The van der Waals surface area contributed by atoms with Gasteiger partial charge in [-0.3, -0.25) is 9.78 Å². The van der Waals surface area contributed by atoms with Gasteiger partial charge >= 0.3 is 0 Å². The summed E-state index contributed by atoms with van der Waals surface area (Å²) in [6.45, 7) is 4.22. The predicted molar refractivity (Wildman–Crippen MR) is 83.7 cm³/mol. The minimum Gasteiger partial charge on any atom is -0.324 e. The Hall–Kier alpha value is -1.90. The predicted octanol–water partition coefficient (Wildman–Crippen LogP) is 4.39. The summed E-state index contributed by atoms with van der Waals surface area (Å²) >= 11 is 0. The molecule has 1 unspecified atom stereocenters. The van der Waals surface area contributed by atoms with Crippen LogP contribution in [0.3, 0.4) is 0 Å². The fraction of sp³-hybridized carbons (Fsp3) is 0.412. The summed E-state index contributed by atoms with van der Waals surface area (Å²) in [6.07, 6.45) is 5.81. The summed E-state index contributed by atoms with van der Waals surface area (Å²) in [5, 5.41) is 4.09. The third-order valence-electron chi connectivity index (χ3n) is 3.66. The monoisotopic (exact) mass is 270 g/mol. The van der Waals surface area contributed by atoms with E-state index in [4.69, 9.17) is 0 Å². The normalized spacial score (nSPS) is 12.3. The molecular weight excluding hydrogens is 248 g/mol. The van der Waals surface area contributed by atoms with Gasteiger partial charge in [0.1, 0.15) is 0 Å². The third-order valence-corrected chi connectivity index (χ3v) is 3.66. The molecule has 1 heterocycles. The van der Waals surface area contributed by atoms with Crippen LogP contribution in [0.4, 0.5) is 5.69 Å². The highest BCUT2D eigenvalue weighted by Gasteiger charge is 2.16. The van der Waals surface area contributed by atoms with Gasteiger partial charge < -0.3 is 5.32 Å². The molecule has 2 rings (SSSR count). The Bertz CT molecular complexity index is 575. The van der Waals surface area contributed by atoms with Crippen LogP contribution >= 0.6 is 0 Å². The van der Waals surface area contributed by atoms with Crippen molar-refractivity contribution in [3.8, 4) is 0 Å². The van der Waals surface area contributed by atoms with Crippen molar-refractivity contribution < 1.29 is 4.79 Å². The number of hydrogen-bond donors (Lipinski definition) is 1. The summed E-state index contributed by atoms with van der Waals surface area (Å²) in [7, 11) is 0. The quantitative estimate of drug-likeness (QED) is 0.845. The summed E-state index contributed by atoms with van der Waals surface area (Å²) in [5.74, 6) is 0.202. The summed E-state index contributed by atoms with van der Waals surface area (Å²) in [6, 6.07) is 9.79. The van der Waals surface area contributed by atoms with Crippen LogP contribution in [-0.4, -0.2) is 10.9 Å². The first-order valence-electron chi connectivity index (χ1n) is 7.40. The first kappa shape index (κ1) is 14.5. The van der Waals surface area contributed by atoms with E-state index in [9.17, 15) is 4.79 Å². The second-order valence-electron chi connectivity index (χ2n) is 5.12. The average Bonchev–Trinajstić information content (AvgIpc) is 2.48. The Morgan fingerprint density at radius 2 is 2.05 bits per heavy atom. The highest BCUT2D eigenvalue weighted by atomic mass is 16.1. The van der Waals surface area contributed by atoms with Crippen molar-refractivity contribution >= 4 is 22.5 Å². The fourth-order valence-electron chi connectivity index (χ4n) is 2.41. The van der Waals surface area contributed by atoms with Crippen LogP contribution in [0.25, 0.3) is 10.9 Å². The number of carbonyl (C=O) groups is 1. The second-order valence-corrected chi connectivity index (χ2v) is 5.12. The van der Waals surface area contributed by atoms with Gasteiger partial charge in [-0.1, -0.05) is 44.9 Å². The van der Waals surface area contributed by atoms with E-state index in [1.807, 2.05) is 30.3 Å². The van der Waals surface area contributed by atoms with E-state index in [-0.39, 0.29) is 11.8 Å². The highest BCUT2D eigenvalue weighted by molar-refractivity contribution is 6.00. The van der Waals surface area contributed by atoms with Crippen LogP contribution < -0.4 is 5.32 Å². The summed E-state index contributed by atoms with van der Waals surface area (Å²) < 4.78 is 0. The molecule has 0 bridgehead atoms. The molecule has 0 saturated carbocycles. The van der Waals surface area contributed by atoms with Crippen LogP contribution in [0.1, 0.15) is 39.5 Å². The SMILES string of the molecule is CCCCC(CC)C(=O)Nc1cccc2cccnc12. The largest absolute Gasteiger partial charge is 0.324 e. The number of nitrogens with one attached hydrogen (secondary N) is 1. The third kappa shape index (κ3) is 3.35. The minimum atomic E-state index is 0.0916. The number of anilines is 1. The van der Waals surface area contributed by atoms with E-state index in [1.165, 1.54) is 0 Å². The molecule has 0 fully saturated rings. The van der Waals surface area contributed by atoms with Gasteiger partial charge in [0.25, 0.3) is 0 Å². The molecule has 106 valence electrons. The Kier molecular flexibility index (Phi) is 5.10. The number of fused-ring (bicyclic) bond motifs is 1. The molecule has 0 aliphatic heterocycles. The number of nitrogens with zero attached hydrogens (tertiary/aromatic N) is 1. The number of unbranched alkanes of at least 4 members (excludes halogenated alkanes) is 1. The number of amides is 1. The molecule has 1 amide bonds. The van der Waals surface area contributed by atoms with E-state index < -0.39 is 0 Å². The maximum absolute atomic E-state index is 12.4. The molecule has 1 aromatic carbocycles. The van der Waals surface area contributed by atoms with Crippen molar-refractivity contribution in [1.29, 1.82) is 0 Å². The molecule has 1 atom stereocenters. The maximum atomic E-state index is 12.4. The summed E-state index contributed by atoms with van der Waals surface area (Å²) in [5.41, 5.74) is 1.66. The summed E-state index contributed by atoms with van der Waals surface area (Å²) in [4.78, 5) is 16.7. The topological polar surface area (TPSA) is 42.0 Å². The number of benzene rings is 1. The van der Waals surface area contributed by atoms with Crippen LogP contribution in [0, 0.1) is 5.92 Å². The maximum Gasteiger partial charge on any atom is 0.227 e. The number of hydrogen-bond acceptors (Lipinski definition) is 2. The van der Waals surface area contributed by atoms with E-state index in [0.717, 1.165) is 42.3 Å². The molecule has 20 heavy (non-hydrogen) atoms. The fourth-order valence-corrected chi connectivity index (χ4v) is 2.41. The molecule has 2 aromatic rings. The van der Waals surface area contributed by atoms with Gasteiger partial charge in [0.2, 0.25) is 5.91 Å². The zero-order valence-electron chi connectivity index (χ0n) is 12.2. The molecule has 0 radical (unpaired) electrons. The van der Waals surface area contributed by atoms with Crippen molar-refractivity contribution in [3.63, 3.8) is 0 Å². The van der Waals surface area contributed by atoms with Crippen LogP contribution in [0.15, 0.2) is 36.5 Å². The molecular formula is C17H22N2O. The number of aromatic nitrogens is 1. The minimum absolute atomic E-state index is 0.0916. The lowest BCUT2D eigenvalue weighted by molar-refractivity contribution is -0.120. The van der Waals surface area contributed by atoms with E-state index in [2.05, 4.69) is 24.1 Å². The smallest absolute Gasteiger partial charge is 0.227 e. The molecule has 0 aliphatic rings. The van der Waals surface area contributed by atoms with Crippen molar-refractivity contribution in [2.75, 3.05) is 5.32 Å². The first-order chi connectivity index (χ1) is 9.76. The lowest BCUT2D eigenvalue weighted by atomic mass is 9.98. The van der Waals surface area contributed by atoms with Crippen LogP contribution in [-0.2, 0) is 4.79 Å². The number of rotatable bonds is 6. The molecule has 3 heteroatoms. The van der Waals surface area contributed by atoms with Gasteiger partial charge in [-0.2, -0.15) is 0 Å². The molecule has 0 aliphatic carbocycles. The van der Waals surface area contributed by atoms with Crippen molar-refractivity contribution in [3.05, 3.63) is 36.5 Å². The second kappa shape index (κ2) is 7.04. The lowest BCUT2D eigenvalue weighted by Crippen LogP contribution is -2.22. The standard InChI is InChI=1S/C17H22N2O/c1-3-5-8-13(4-2)17(20)19-15-11-6-9-14-10-7-12-18-16(14)15/h6-7,9-13H,3-5,8H2,1-2H3,(H,19,20). The van der Waals surface area contributed by atoms with E-state index in [1.54, 1.807) is 6.20 Å². The van der Waals surface area contributed by atoms with Gasteiger partial charge in [0, 0.05) is 17.5 Å². The Morgan fingerprint density at radius 3 is 2.80 bits per heavy atom. The molecule has 0 spiro atoms. The first-order valence-corrected chi connectivity index (χ1v) is 7.40. The highest BCUT2D eigenvalue weighted by Crippen LogP contribution is 2.22. The lowest BCUT2D eigenvalue weighted by Gasteiger charge is -2.15. The van der Waals surface area contributed by atoms with Gasteiger partial charge in [0.15, 0.2) is 0 Å². The zero-order chi connectivity index (χ0) is 14.4. The number of pyridine rings is 1. The molecule has 1 N–H and O–H groups in total. The Labute approximate surface area is 120 Å². The van der Waals surface area contributed by atoms with E-state index in [0.29, 0.717) is 0 Å². The van der Waals surface area contributed by atoms with Crippen LogP contribution in [0.5, 0.6) is 0 Å². The van der Waals surface area contributed by atoms with E-state index >= 15 is 0 Å². The Balaban J connectivity index is 2.17. The average molecular weight is 270 g/mol. The van der Waals surface area contributed by atoms with Gasteiger partial charge in [-0.05, 0) is 25.0 Å².